The minimum absolute atomic E-state index is 0.0200. The van der Waals surface area contributed by atoms with Crippen LogP contribution in [0.15, 0.2) is 60.7 Å². The van der Waals surface area contributed by atoms with Gasteiger partial charge in [0.15, 0.2) is 0 Å². The highest BCUT2D eigenvalue weighted by Crippen LogP contribution is 2.38. The third-order valence-corrected chi connectivity index (χ3v) is 5.78. The summed E-state index contributed by atoms with van der Waals surface area (Å²) in [5.41, 5.74) is 1.11. The summed E-state index contributed by atoms with van der Waals surface area (Å²) in [7, 11) is 1.65. The number of carbonyl (C=O) groups excluding carboxylic acids is 1. The Hall–Kier alpha value is -2.56. The fourth-order valence-electron chi connectivity index (χ4n) is 3.94. The third kappa shape index (κ3) is 3.34. The minimum atomic E-state index is -0.635. The van der Waals surface area contributed by atoms with Gasteiger partial charge in [0.2, 0.25) is 5.91 Å². The van der Waals surface area contributed by atoms with Crippen molar-refractivity contribution in [1.82, 2.24) is 0 Å². The van der Waals surface area contributed by atoms with Gasteiger partial charge in [0.25, 0.3) is 0 Å². The van der Waals surface area contributed by atoms with Crippen molar-refractivity contribution < 1.29 is 14.3 Å². The molecular formula is C23H22ClNO3. The highest BCUT2D eigenvalue weighted by atomic mass is 35.5. The molecule has 0 radical (unpaired) electrons. The molecule has 0 spiro atoms. The summed E-state index contributed by atoms with van der Waals surface area (Å²) in [5.74, 6) is 0.764. The van der Waals surface area contributed by atoms with Crippen molar-refractivity contribution in [1.29, 1.82) is 0 Å². The fourth-order valence-corrected chi connectivity index (χ4v) is 4.06. The Morgan fingerprint density at radius 3 is 2.36 bits per heavy atom. The van der Waals surface area contributed by atoms with Crippen LogP contribution in [0.2, 0.25) is 5.02 Å². The Morgan fingerprint density at radius 2 is 1.68 bits per heavy atom. The smallest absolute Gasteiger partial charge is 0.235 e. The van der Waals surface area contributed by atoms with E-state index in [1.807, 2.05) is 60.7 Å². The summed E-state index contributed by atoms with van der Waals surface area (Å²) in [6.07, 6.45) is 1.27. The van der Waals surface area contributed by atoms with Gasteiger partial charge in [0, 0.05) is 34.7 Å². The number of amides is 1. The van der Waals surface area contributed by atoms with Crippen LogP contribution in [0, 0.1) is 0 Å². The molecule has 3 aromatic carbocycles. The molecular weight excluding hydrogens is 374 g/mol. The quantitative estimate of drug-likeness (QED) is 0.661. The Bertz CT molecular complexity index is 994. The van der Waals surface area contributed by atoms with Gasteiger partial charge >= 0.3 is 0 Å². The maximum absolute atomic E-state index is 13.5. The van der Waals surface area contributed by atoms with Crippen LogP contribution in [0.1, 0.15) is 18.4 Å². The van der Waals surface area contributed by atoms with E-state index >= 15 is 0 Å². The summed E-state index contributed by atoms with van der Waals surface area (Å²) in [5, 5.41) is 5.76. The highest BCUT2D eigenvalue weighted by molar-refractivity contribution is 6.30. The van der Waals surface area contributed by atoms with E-state index in [1.165, 1.54) is 0 Å². The number of nitrogens with one attached hydrogen (secondary N) is 1. The fraction of sp³-hybridized carbons (Fsp3) is 0.261. The number of methoxy groups -OCH3 is 1. The Balaban J connectivity index is 1.73. The summed E-state index contributed by atoms with van der Waals surface area (Å²) in [4.78, 5) is 13.5. The van der Waals surface area contributed by atoms with E-state index in [0.29, 0.717) is 31.1 Å². The zero-order chi connectivity index (χ0) is 19.6. The Morgan fingerprint density at radius 1 is 1.00 bits per heavy atom. The maximum atomic E-state index is 13.5. The van der Waals surface area contributed by atoms with Gasteiger partial charge < -0.3 is 14.8 Å². The molecule has 3 aromatic rings. The molecule has 1 heterocycles. The van der Waals surface area contributed by atoms with E-state index in [0.717, 1.165) is 27.8 Å². The number of halogens is 1. The molecule has 0 atom stereocenters. The topological polar surface area (TPSA) is 47.6 Å². The maximum Gasteiger partial charge on any atom is 0.235 e. The second-order valence-corrected chi connectivity index (χ2v) is 7.45. The molecule has 1 fully saturated rings. The second kappa shape index (κ2) is 7.82. The predicted octanol–water partition coefficient (Wildman–Crippen LogP) is 5.19. The van der Waals surface area contributed by atoms with Gasteiger partial charge in [-0.1, -0.05) is 48.0 Å². The highest BCUT2D eigenvalue weighted by Gasteiger charge is 2.41. The molecule has 1 saturated heterocycles. The van der Waals surface area contributed by atoms with Gasteiger partial charge in [-0.3, -0.25) is 4.79 Å². The number of carbonyl (C=O) groups is 1. The standard InChI is InChI=1S/C23H22ClNO3/c1-27-21-11-10-20(18-4-2-3-5-19(18)21)25-22(26)23(12-14-28-15-13-23)16-6-8-17(24)9-7-16/h2-11H,12-15H2,1H3,(H,25,26). The summed E-state index contributed by atoms with van der Waals surface area (Å²) in [6.45, 7) is 1.11. The number of ether oxygens (including phenoxy) is 2. The number of benzene rings is 3. The number of anilines is 1. The lowest BCUT2D eigenvalue weighted by molar-refractivity contribution is -0.125. The number of hydrogen-bond acceptors (Lipinski definition) is 3. The van der Waals surface area contributed by atoms with Gasteiger partial charge in [-0.15, -0.1) is 0 Å². The lowest BCUT2D eigenvalue weighted by Gasteiger charge is -2.36. The molecule has 1 N–H and O–H groups in total. The van der Waals surface area contributed by atoms with Crippen LogP contribution in [-0.4, -0.2) is 26.2 Å². The van der Waals surface area contributed by atoms with Crippen molar-refractivity contribution in [2.75, 3.05) is 25.6 Å². The van der Waals surface area contributed by atoms with Gasteiger partial charge in [-0.2, -0.15) is 0 Å². The molecule has 0 saturated carbocycles. The first-order chi connectivity index (χ1) is 13.6. The average Bonchev–Trinajstić information content (AvgIpc) is 2.75. The first kappa shape index (κ1) is 18.8. The molecule has 5 heteroatoms. The van der Waals surface area contributed by atoms with Crippen LogP contribution < -0.4 is 10.1 Å². The molecule has 0 aliphatic carbocycles. The SMILES string of the molecule is COc1ccc(NC(=O)C2(c3ccc(Cl)cc3)CCOCC2)c2ccccc12. The van der Waals surface area contributed by atoms with Crippen molar-refractivity contribution in [2.45, 2.75) is 18.3 Å². The zero-order valence-corrected chi connectivity index (χ0v) is 16.5. The largest absolute Gasteiger partial charge is 0.496 e. The van der Waals surface area contributed by atoms with Gasteiger partial charge in [-0.25, -0.2) is 0 Å². The second-order valence-electron chi connectivity index (χ2n) is 7.02. The molecule has 1 aliphatic rings. The molecule has 4 nitrogen and oxygen atoms in total. The van der Waals surface area contributed by atoms with Gasteiger partial charge in [0.1, 0.15) is 5.75 Å². The van der Waals surface area contributed by atoms with E-state index in [9.17, 15) is 4.79 Å². The lowest BCUT2D eigenvalue weighted by Crippen LogP contribution is -2.44. The normalized spacial score (nSPS) is 15.9. The molecule has 28 heavy (non-hydrogen) atoms. The molecule has 0 unspecified atom stereocenters. The van der Waals surface area contributed by atoms with Crippen LogP contribution in [0.25, 0.3) is 10.8 Å². The van der Waals surface area contributed by atoms with Crippen molar-refractivity contribution in [3.05, 3.63) is 71.2 Å². The van der Waals surface area contributed by atoms with Crippen molar-refractivity contribution >= 4 is 34.0 Å². The molecule has 1 amide bonds. The van der Waals surface area contributed by atoms with Crippen LogP contribution in [0.4, 0.5) is 5.69 Å². The van der Waals surface area contributed by atoms with Gasteiger partial charge in [0.05, 0.1) is 12.5 Å². The van der Waals surface area contributed by atoms with Crippen LogP contribution >= 0.6 is 11.6 Å². The zero-order valence-electron chi connectivity index (χ0n) is 15.7. The van der Waals surface area contributed by atoms with Crippen LogP contribution in [-0.2, 0) is 14.9 Å². The van der Waals surface area contributed by atoms with Crippen LogP contribution in [0.5, 0.6) is 5.75 Å². The van der Waals surface area contributed by atoms with Crippen molar-refractivity contribution in [3.63, 3.8) is 0 Å². The van der Waals surface area contributed by atoms with E-state index in [-0.39, 0.29) is 5.91 Å². The van der Waals surface area contributed by atoms with Crippen LogP contribution in [0.3, 0.4) is 0 Å². The van der Waals surface area contributed by atoms with Gasteiger partial charge in [-0.05, 0) is 42.7 Å². The first-order valence-electron chi connectivity index (χ1n) is 9.35. The third-order valence-electron chi connectivity index (χ3n) is 5.53. The predicted molar refractivity (Wildman–Crippen MR) is 112 cm³/mol. The Labute approximate surface area is 169 Å². The minimum Gasteiger partial charge on any atom is -0.496 e. The number of hydrogen-bond donors (Lipinski definition) is 1. The average molecular weight is 396 g/mol. The molecule has 144 valence electrons. The Kier molecular flexibility index (Phi) is 5.25. The molecule has 0 aromatic heterocycles. The molecule has 0 bridgehead atoms. The van der Waals surface area contributed by atoms with E-state index in [1.54, 1.807) is 7.11 Å². The monoisotopic (exact) mass is 395 g/mol. The number of fused-ring (bicyclic) bond motifs is 1. The molecule has 1 aliphatic heterocycles. The van der Waals surface area contributed by atoms with Crippen molar-refractivity contribution in [2.24, 2.45) is 0 Å². The van der Waals surface area contributed by atoms with Crippen molar-refractivity contribution in [3.8, 4) is 5.75 Å². The lowest BCUT2D eigenvalue weighted by atomic mass is 9.73. The molecule has 4 rings (SSSR count). The van der Waals surface area contributed by atoms with E-state index < -0.39 is 5.41 Å². The first-order valence-corrected chi connectivity index (χ1v) is 9.73. The van der Waals surface area contributed by atoms with E-state index in [2.05, 4.69) is 5.32 Å². The summed E-state index contributed by atoms with van der Waals surface area (Å²) in [6, 6.07) is 19.3. The van der Waals surface area contributed by atoms with E-state index in [4.69, 9.17) is 21.1 Å². The number of rotatable bonds is 4. The summed E-state index contributed by atoms with van der Waals surface area (Å²) < 4.78 is 11.0. The summed E-state index contributed by atoms with van der Waals surface area (Å²) >= 11 is 6.06.